The second-order valence-electron chi connectivity index (χ2n) is 8.60. The van der Waals surface area contributed by atoms with E-state index in [0.717, 1.165) is 17.7 Å². The summed E-state index contributed by atoms with van der Waals surface area (Å²) in [5.74, 6) is 0.480. The Morgan fingerprint density at radius 3 is 2.32 bits per heavy atom. The first-order chi connectivity index (χ1) is 15.1. The lowest BCUT2D eigenvalue weighted by Gasteiger charge is -2.29. The zero-order valence-electron chi connectivity index (χ0n) is 17.2. The lowest BCUT2D eigenvalue weighted by molar-refractivity contribution is -0.125. The monoisotopic (exact) mass is 418 g/mol. The van der Waals surface area contributed by atoms with Crippen LogP contribution in [0.5, 0.6) is 11.5 Å². The van der Waals surface area contributed by atoms with Gasteiger partial charge < -0.3 is 14.3 Å². The highest BCUT2D eigenvalue weighted by Crippen LogP contribution is 2.62. The third kappa shape index (κ3) is 2.37. The first-order valence-electron chi connectivity index (χ1n) is 10.5. The number of oxime groups is 1. The van der Waals surface area contributed by atoms with Crippen molar-refractivity contribution in [3.05, 3.63) is 54.1 Å². The van der Waals surface area contributed by atoms with Crippen LogP contribution in [0.3, 0.4) is 0 Å². The number of hydrogen-bond acceptors (Lipinski definition) is 6. The normalized spacial score (nSPS) is 32.6. The number of hydrogen-bond donors (Lipinski definition) is 0. The van der Waals surface area contributed by atoms with E-state index in [9.17, 15) is 9.59 Å². The van der Waals surface area contributed by atoms with Gasteiger partial charge in [-0.25, -0.2) is 0 Å². The number of imide groups is 1. The first kappa shape index (κ1) is 18.4. The van der Waals surface area contributed by atoms with Crippen molar-refractivity contribution in [2.24, 2.45) is 34.7 Å². The molecular weight excluding hydrogens is 396 g/mol. The van der Waals surface area contributed by atoms with E-state index >= 15 is 0 Å². The molecule has 2 aromatic carbocycles. The molecule has 2 heterocycles. The summed E-state index contributed by atoms with van der Waals surface area (Å²) in [4.78, 5) is 33.9. The Morgan fingerprint density at radius 1 is 0.903 bits per heavy atom. The summed E-state index contributed by atoms with van der Waals surface area (Å²) in [7, 11) is 3.20. The third-order valence-electron chi connectivity index (χ3n) is 7.38. The molecule has 158 valence electrons. The van der Waals surface area contributed by atoms with Crippen LogP contribution in [0.1, 0.15) is 12.0 Å². The van der Waals surface area contributed by atoms with E-state index < -0.39 is 0 Å². The van der Waals surface area contributed by atoms with Gasteiger partial charge in [-0.15, -0.1) is 0 Å². The van der Waals surface area contributed by atoms with Crippen LogP contribution >= 0.6 is 0 Å². The summed E-state index contributed by atoms with van der Waals surface area (Å²) >= 11 is 0. The van der Waals surface area contributed by atoms with Crippen LogP contribution in [0.2, 0.25) is 0 Å². The average molecular weight is 418 g/mol. The molecule has 0 aromatic heterocycles. The number of para-hydroxylation sites is 1. The van der Waals surface area contributed by atoms with Crippen LogP contribution < -0.4 is 14.4 Å². The minimum atomic E-state index is -0.320. The van der Waals surface area contributed by atoms with Crippen molar-refractivity contribution in [3.63, 3.8) is 0 Å². The fourth-order valence-electron chi connectivity index (χ4n) is 6.19. The molecule has 7 heteroatoms. The molecule has 2 aliphatic heterocycles. The summed E-state index contributed by atoms with van der Waals surface area (Å²) in [6.45, 7) is 0. The molecule has 2 aromatic rings. The highest BCUT2D eigenvalue weighted by atomic mass is 16.6. The maximum absolute atomic E-state index is 13.4. The third-order valence-corrected chi connectivity index (χ3v) is 7.38. The summed E-state index contributed by atoms with van der Waals surface area (Å²) in [5, 5.41) is 4.40. The van der Waals surface area contributed by atoms with Gasteiger partial charge in [0.05, 0.1) is 37.5 Å². The van der Waals surface area contributed by atoms with E-state index in [2.05, 4.69) is 5.16 Å². The fraction of sp³-hybridized carbons (Fsp3) is 0.375. The molecule has 31 heavy (non-hydrogen) atoms. The van der Waals surface area contributed by atoms with Crippen LogP contribution in [0.4, 0.5) is 5.69 Å². The van der Waals surface area contributed by atoms with E-state index in [0.29, 0.717) is 17.2 Å². The largest absolute Gasteiger partial charge is 0.493 e. The van der Waals surface area contributed by atoms with Gasteiger partial charge in [0.15, 0.2) is 11.5 Å². The predicted octanol–water partition coefficient (Wildman–Crippen LogP) is 2.88. The SMILES string of the molecule is COc1ccc(C2=NO[C@@H]3[C@H]4C[C@H]([C@H]5C(=O)N(c6ccccc6)C(=O)[C@H]45)[C@H]23)cc1OC. The molecule has 7 nitrogen and oxygen atoms in total. The Morgan fingerprint density at radius 2 is 1.61 bits per heavy atom. The van der Waals surface area contributed by atoms with Gasteiger partial charge in [0, 0.05) is 17.4 Å². The van der Waals surface area contributed by atoms with Gasteiger partial charge in [-0.1, -0.05) is 23.4 Å². The molecule has 2 saturated carbocycles. The molecule has 0 unspecified atom stereocenters. The van der Waals surface area contributed by atoms with E-state index in [4.69, 9.17) is 14.3 Å². The number of carbonyl (C=O) groups excluding carboxylic acids is 2. The Balaban J connectivity index is 1.34. The van der Waals surface area contributed by atoms with Crippen molar-refractivity contribution in [1.29, 1.82) is 0 Å². The Kier molecular flexibility index (Phi) is 3.91. The Bertz CT molecular complexity index is 1110. The number of ether oxygens (including phenoxy) is 2. The molecule has 6 atom stereocenters. The number of rotatable bonds is 4. The number of amides is 2. The maximum Gasteiger partial charge on any atom is 0.238 e. The molecular formula is C24H22N2O5. The predicted molar refractivity (Wildman–Crippen MR) is 112 cm³/mol. The van der Waals surface area contributed by atoms with Crippen LogP contribution in [0, 0.1) is 29.6 Å². The standard InChI is InChI=1S/C24H22N2O5/c1-29-16-9-8-12(10-17(16)30-2)21-20-14-11-15(22(20)31-25-21)19-18(14)23(27)26(24(19)28)13-6-4-3-5-7-13/h3-10,14-15,18-20,22H,11H2,1-2H3/t14-,15+,18-,19-,20-,22-/m1/s1. The van der Waals surface area contributed by atoms with Crippen molar-refractivity contribution in [3.8, 4) is 11.5 Å². The summed E-state index contributed by atoms with van der Waals surface area (Å²) < 4.78 is 10.8. The quantitative estimate of drug-likeness (QED) is 0.714. The highest BCUT2D eigenvalue weighted by molar-refractivity contribution is 6.23. The molecule has 0 radical (unpaired) electrons. The van der Waals surface area contributed by atoms with Crippen molar-refractivity contribution in [1.82, 2.24) is 0 Å². The number of anilines is 1. The minimum absolute atomic E-state index is 0.00294. The molecule has 2 amide bonds. The van der Waals surface area contributed by atoms with Crippen molar-refractivity contribution < 1.29 is 23.9 Å². The van der Waals surface area contributed by atoms with Gasteiger partial charge >= 0.3 is 0 Å². The number of benzene rings is 2. The van der Waals surface area contributed by atoms with E-state index in [1.807, 2.05) is 48.5 Å². The molecule has 0 spiro atoms. The van der Waals surface area contributed by atoms with Gasteiger partial charge in [0.2, 0.25) is 11.8 Å². The van der Waals surface area contributed by atoms with Crippen molar-refractivity contribution >= 4 is 23.2 Å². The summed E-state index contributed by atoms with van der Waals surface area (Å²) in [6, 6.07) is 14.9. The number of fused-ring (bicyclic) bond motifs is 8. The van der Waals surface area contributed by atoms with E-state index in [1.54, 1.807) is 14.2 Å². The smallest absolute Gasteiger partial charge is 0.238 e. The number of methoxy groups -OCH3 is 2. The van der Waals surface area contributed by atoms with Gasteiger partial charge in [-0.3, -0.25) is 14.5 Å². The van der Waals surface area contributed by atoms with Crippen LogP contribution in [-0.2, 0) is 14.4 Å². The first-order valence-corrected chi connectivity index (χ1v) is 10.5. The summed E-state index contributed by atoms with van der Waals surface area (Å²) in [6.07, 6.45) is 0.652. The second kappa shape index (κ2) is 6.57. The van der Waals surface area contributed by atoms with Crippen molar-refractivity contribution in [2.75, 3.05) is 19.1 Å². The average Bonchev–Trinajstić information content (AvgIpc) is 3.54. The molecule has 2 aliphatic carbocycles. The Labute approximate surface area is 179 Å². The number of nitrogens with zero attached hydrogens (tertiary/aromatic N) is 2. The molecule has 4 aliphatic rings. The van der Waals surface area contributed by atoms with Gasteiger partial charge in [-0.2, -0.15) is 0 Å². The van der Waals surface area contributed by atoms with Crippen molar-refractivity contribution in [2.45, 2.75) is 12.5 Å². The van der Waals surface area contributed by atoms with Crippen LogP contribution in [0.15, 0.2) is 53.7 Å². The fourth-order valence-corrected chi connectivity index (χ4v) is 6.19. The lowest BCUT2D eigenvalue weighted by Crippen LogP contribution is -2.41. The van der Waals surface area contributed by atoms with E-state index in [1.165, 1.54) is 4.90 Å². The molecule has 6 rings (SSSR count). The molecule has 3 fully saturated rings. The van der Waals surface area contributed by atoms with Gasteiger partial charge in [0.25, 0.3) is 0 Å². The van der Waals surface area contributed by atoms with Gasteiger partial charge in [-0.05, 0) is 42.7 Å². The van der Waals surface area contributed by atoms with Gasteiger partial charge in [0.1, 0.15) is 6.10 Å². The number of carbonyl (C=O) groups is 2. The van der Waals surface area contributed by atoms with Crippen LogP contribution in [-0.4, -0.2) is 37.8 Å². The zero-order valence-corrected chi connectivity index (χ0v) is 17.2. The molecule has 0 N–H and O–H groups in total. The Hall–Kier alpha value is -3.35. The maximum atomic E-state index is 13.4. The molecule has 2 bridgehead atoms. The molecule has 1 saturated heterocycles. The van der Waals surface area contributed by atoms with E-state index in [-0.39, 0.29) is 47.5 Å². The lowest BCUT2D eigenvalue weighted by atomic mass is 9.71. The minimum Gasteiger partial charge on any atom is -0.493 e. The topological polar surface area (TPSA) is 77.4 Å². The van der Waals surface area contributed by atoms with Crippen LogP contribution in [0.25, 0.3) is 0 Å². The highest BCUT2D eigenvalue weighted by Gasteiger charge is 2.70. The summed E-state index contributed by atoms with van der Waals surface area (Å²) in [5.41, 5.74) is 2.37. The second-order valence-corrected chi connectivity index (χ2v) is 8.60. The zero-order chi connectivity index (χ0) is 21.3.